The van der Waals surface area contributed by atoms with Crippen molar-refractivity contribution in [2.24, 2.45) is 0 Å². The van der Waals surface area contributed by atoms with Crippen molar-refractivity contribution < 1.29 is 28.6 Å². The van der Waals surface area contributed by atoms with Crippen LogP contribution in [0.3, 0.4) is 0 Å². The molecule has 0 fully saturated rings. The van der Waals surface area contributed by atoms with Crippen molar-refractivity contribution in [1.29, 1.82) is 0 Å². The van der Waals surface area contributed by atoms with Crippen LogP contribution >= 0.6 is 11.6 Å². The molecule has 1 aromatic carbocycles. The first-order chi connectivity index (χ1) is 10.3. The summed E-state index contributed by atoms with van der Waals surface area (Å²) in [4.78, 5) is 23.0. The van der Waals surface area contributed by atoms with Gasteiger partial charge in [0.1, 0.15) is 17.6 Å². The molecule has 0 aromatic heterocycles. The van der Waals surface area contributed by atoms with Crippen molar-refractivity contribution >= 4 is 23.5 Å². The Morgan fingerprint density at radius 3 is 2.68 bits per heavy atom. The molecule has 0 spiro atoms. The van der Waals surface area contributed by atoms with Crippen LogP contribution in [0.4, 0.5) is 4.39 Å². The third kappa shape index (κ3) is 5.50. The Morgan fingerprint density at radius 1 is 1.45 bits per heavy atom. The number of methoxy groups -OCH3 is 1. The van der Waals surface area contributed by atoms with Gasteiger partial charge in [-0.25, -0.2) is 9.18 Å². The molecule has 0 heterocycles. The highest BCUT2D eigenvalue weighted by molar-refractivity contribution is 6.32. The number of carboxylic acids is 1. The van der Waals surface area contributed by atoms with Crippen molar-refractivity contribution in [2.45, 2.75) is 25.5 Å². The molecule has 1 amide bonds. The molecule has 1 aromatic rings. The number of carboxylic acid groups (broad SMARTS) is 1. The zero-order valence-corrected chi connectivity index (χ0v) is 12.9. The molecule has 2 N–H and O–H groups in total. The van der Waals surface area contributed by atoms with E-state index in [1.165, 1.54) is 20.1 Å². The number of nitrogens with one attached hydrogen (secondary N) is 1. The van der Waals surface area contributed by atoms with Crippen LogP contribution in [0.25, 0.3) is 0 Å². The van der Waals surface area contributed by atoms with Crippen molar-refractivity contribution in [3.05, 3.63) is 29.0 Å². The summed E-state index contributed by atoms with van der Waals surface area (Å²) in [6.45, 7) is 1.63. The number of carbonyl (C=O) groups excluding carboxylic acids is 1. The predicted molar refractivity (Wildman–Crippen MR) is 77.6 cm³/mol. The third-order valence-electron chi connectivity index (χ3n) is 2.79. The van der Waals surface area contributed by atoms with Gasteiger partial charge in [0, 0.05) is 20.1 Å². The van der Waals surface area contributed by atoms with Crippen LogP contribution in [-0.4, -0.2) is 42.8 Å². The summed E-state index contributed by atoms with van der Waals surface area (Å²) in [5.74, 6) is -2.18. The van der Waals surface area contributed by atoms with Gasteiger partial charge in [-0.2, -0.15) is 0 Å². The Labute approximate surface area is 132 Å². The first kappa shape index (κ1) is 18.2. The molecular formula is C14H17ClFNO5. The van der Waals surface area contributed by atoms with Gasteiger partial charge in [-0.1, -0.05) is 11.6 Å². The SMILES string of the molecule is COCCC(NC(=O)C(C)Oc1ccc(F)cc1Cl)C(=O)O. The summed E-state index contributed by atoms with van der Waals surface area (Å²) in [6, 6.07) is 2.41. The fourth-order valence-electron chi connectivity index (χ4n) is 1.60. The molecule has 0 saturated carbocycles. The monoisotopic (exact) mass is 333 g/mol. The largest absolute Gasteiger partial charge is 0.480 e. The number of ether oxygens (including phenoxy) is 2. The molecule has 0 bridgehead atoms. The molecule has 0 saturated heterocycles. The summed E-state index contributed by atoms with van der Waals surface area (Å²) in [7, 11) is 1.43. The lowest BCUT2D eigenvalue weighted by Crippen LogP contribution is -2.46. The van der Waals surface area contributed by atoms with E-state index in [-0.39, 0.29) is 23.8 Å². The van der Waals surface area contributed by atoms with Crippen LogP contribution in [-0.2, 0) is 14.3 Å². The highest BCUT2D eigenvalue weighted by Gasteiger charge is 2.24. The van der Waals surface area contributed by atoms with Gasteiger partial charge in [0.15, 0.2) is 6.10 Å². The van der Waals surface area contributed by atoms with Gasteiger partial charge < -0.3 is 19.9 Å². The molecule has 22 heavy (non-hydrogen) atoms. The normalized spacial score (nSPS) is 13.3. The highest BCUT2D eigenvalue weighted by atomic mass is 35.5. The molecule has 0 aliphatic heterocycles. The van der Waals surface area contributed by atoms with E-state index in [1.807, 2.05) is 0 Å². The van der Waals surface area contributed by atoms with E-state index in [0.717, 1.165) is 12.1 Å². The van der Waals surface area contributed by atoms with Gasteiger partial charge in [0.05, 0.1) is 5.02 Å². The number of hydrogen-bond donors (Lipinski definition) is 2. The van der Waals surface area contributed by atoms with Crippen molar-refractivity contribution in [3.63, 3.8) is 0 Å². The number of halogens is 2. The fourth-order valence-corrected chi connectivity index (χ4v) is 1.81. The zero-order valence-electron chi connectivity index (χ0n) is 12.1. The molecule has 6 nitrogen and oxygen atoms in total. The zero-order chi connectivity index (χ0) is 16.7. The number of benzene rings is 1. The van der Waals surface area contributed by atoms with E-state index in [0.29, 0.717) is 0 Å². The van der Waals surface area contributed by atoms with Crippen LogP contribution in [0.1, 0.15) is 13.3 Å². The highest BCUT2D eigenvalue weighted by Crippen LogP contribution is 2.25. The van der Waals surface area contributed by atoms with Crippen LogP contribution in [0.5, 0.6) is 5.75 Å². The summed E-state index contributed by atoms with van der Waals surface area (Å²) >= 11 is 5.80. The first-order valence-corrected chi connectivity index (χ1v) is 6.86. The molecule has 0 aliphatic rings. The third-order valence-corrected chi connectivity index (χ3v) is 3.09. The van der Waals surface area contributed by atoms with E-state index in [1.54, 1.807) is 0 Å². The molecule has 1 rings (SSSR count). The molecule has 2 atom stereocenters. The number of hydrogen-bond acceptors (Lipinski definition) is 4. The molecular weight excluding hydrogens is 317 g/mol. The topological polar surface area (TPSA) is 84.9 Å². The minimum Gasteiger partial charge on any atom is -0.480 e. The predicted octanol–water partition coefficient (Wildman–Crippen LogP) is 1.85. The molecule has 2 unspecified atom stereocenters. The van der Waals surface area contributed by atoms with Gasteiger partial charge >= 0.3 is 5.97 Å². The standard InChI is InChI=1S/C14H17ClFNO5/c1-8(22-12-4-3-9(16)7-10(12)15)13(18)17-11(14(19)20)5-6-21-2/h3-4,7-8,11H,5-6H2,1-2H3,(H,17,18)(H,19,20). The van der Waals surface area contributed by atoms with E-state index < -0.39 is 29.8 Å². The van der Waals surface area contributed by atoms with E-state index in [4.69, 9.17) is 26.2 Å². The van der Waals surface area contributed by atoms with Gasteiger partial charge in [0.2, 0.25) is 0 Å². The van der Waals surface area contributed by atoms with Gasteiger partial charge in [0.25, 0.3) is 5.91 Å². The Hall–Kier alpha value is -1.86. The van der Waals surface area contributed by atoms with Crippen molar-refractivity contribution in [1.82, 2.24) is 5.32 Å². The lowest BCUT2D eigenvalue weighted by molar-refractivity contribution is -0.143. The molecule has 0 radical (unpaired) electrons. The fraction of sp³-hybridized carbons (Fsp3) is 0.429. The summed E-state index contributed by atoms with van der Waals surface area (Å²) in [5.41, 5.74) is 0. The van der Waals surface area contributed by atoms with E-state index in [9.17, 15) is 14.0 Å². The van der Waals surface area contributed by atoms with Crippen LogP contribution < -0.4 is 10.1 Å². The maximum absolute atomic E-state index is 12.9. The Kier molecular flexibility index (Phi) is 7.07. The Balaban J connectivity index is 2.65. The van der Waals surface area contributed by atoms with Crippen LogP contribution in [0, 0.1) is 5.82 Å². The average Bonchev–Trinajstić information content (AvgIpc) is 2.45. The van der Waals surface area contributed by atoms with Gasteiger partial charge in [-0.3, -0.25) is 4.79 Å². The molecule has 8 heteroatoms. The summed E-state index contributed by atoms with van der Waals surface area (Å²) < 4.78 is 23.0. The number of amides is 1. The molecule has 122 valence electrons. The van der Waals surface area contributed by atoms with Gasteiger partial charge in [-0.15, -0.1) is 0 Å². The Bertz CT molecular complexity index is 540. The quantitative estimate of drug-likeness (QED) is 0.758. The smallest absolute Gasteiger partial charge is 0.326 e. The average molecular weight is 334 g/mol. The van der Waals surface area contributed by atoms with Gasteiger partial charge in [-0.05, 0) is 25.1 Å². The lowest BCUT2D eigenvalue weighted by Gasteiger charge is -2.19. The second-order valence-corrected chi connectivity index (χ2v) is 4.92. The Morgan fingerprint density at radius 2 is 2.14 bits per heavy atom. The maximum Gasteiger partial charge on any atom is 0.326 e. The van der Waals surface area contributed by atoms with Crippen molar-refractivity contribution in [2.75, 3.05) is 13.7 Å². The van der Waals surface area contributed by atoms with E-state index >= 15 is 0 Å². The first-order valence-electron chi connectivity index (χ1n) is 6.49. The number of aliphatic carboxylic acids is 1. The lowest BCUT2D eigenvalue weighted by atomic mass is 10.2. The number of rotatable bonds is 8. The number of carbonyl (C=O) groups is 2. The minimum absolute atomic E-state index is 0.0221. The maximum atomic E-state index is 12.9. The van der Waals surface area contributed by atoms with E-state index in [2.05, 4.69) is 5.32 Å². The van der Waals surface area contributed by atoms with Crippen LogP contribution in [0.2, 0.25) is 5.02 Å². The minimum atomic E-state index is -1.17. The second-order valence-electron chi connectivity index (χ2n) is 4.52. The van der Waals surface area contributed by atoms with Crippen molar-refractivity contribution in [3.8, 4) is 5.75 Å². The van der Waals surface area contributed by atoms with Crippen LogP contribution in [0.15, 0.2) is 18.2 Å². The molecule has 0 aliphatic carbocycles. The second kappa shape index (κ2) is 8.55. The summed E-state index contributed by atoms with van der Waals surface area (Å²) in [5, 5.41) is 11.4. The summed E-state index contributed by atoms with van der Waals surface area (Å²) in [6.07, 6.45) is -0.867.